The van der Waals surface area contributed by atoms with Gasteiger partial charge in [0.25, 0.3) is 0 Å². The molecule has 0 saturated heterocycles. The Morgan fingerprint density at radius 2 is 2.00 bits per heavy atom. The van der Waals surface area contributed by atoms with Crippen molar-refractivity contribution < 1.29 is 14.3 Å². The van der Waals surface area contributed by atoms with E-state index < -0.39 is 5.91 Å². The number of hydrogen-bond donors (Lipinski definition) is 1. The largest absolute Gasteiger partial charge is 0.496 e. The number of carbonyl (C=O) groups excluding carboxylic acids is 2. The zero-order valence-electron chi connectivity index (χ0n) is 10.4. The smallest absolute Gasteiger partial charge is 0.248 e. The van der Waals surface area contributed by atoms with Gasteiger partial charge in [0.1, 0.15) is 12.0 Å². The monoisotopic (exact) mass is 255 g/mol. The number of primary amides is 1. The van der Waals surface area contributed by atoms with Crippen molar-refractivity contribution in [3.8, 4) is 16.9 Å². The van der Waals surface area contributed by atoms with E-state index >= 15 is 0 Å². The summed E-state index contributed by atoms with van der Waals surface area (Å²) in [6.07, 6.45) is 0.756. The fraction of sp³-hybridized carbons (Fsp3) is 0.0667. The first-order chi connectivity index (χ1) is 9.15. The zero-order valence-corrected chi connectivity index (χ0v) is 10.4. The minimum absolute atomic E-state index is 0.430. The molecular weight excluding hydrogens is 242 g/mol. The van der Waals surface area contributed by atoms with E-state index in [0.717, 1.165) is 17.4 Å². The van der Waals surface area contributed by atoms with E-state index in [-0.39, 0.29) is 0 Å². The molecule has 0 aliphatic carbocycles. The Morgan fingerprint density at radius 1 is 1.21 bits per heavy atom. The Balaban J connectivity index is 2.54. The van der Waals surface area contributed by atoms with Gasteiger partial charge in [-0.05, 0) is 29.8 Å². The molecule has 0 heterocycles. The normalized spacial score (nSPS) is 9.95. The lowest BCUT2D eigenvalue weighted by Crippen LogP contribution is -2.10. The van der Waals surface area contributed by atoms with Gasteiger partial charge in [0.05, 0.1) is 7.11 Å². The van der Waals surface area contributed by atoms with E-state index in [1.807, 2.05) is 6.07 Å². The summed E-state index contributed by atoms with van der Waals surface area (Å²) in [4.78, 5) is 21.9. The van der Waals surface area contributed by atoms with E-state index in [1.54, 1.807) is 36.4 Å². The highest BCUT2D eigenvalue weighted by Crippen LogP contribution is 2.31. The summed E-state index contributed by atoms with van der Waals surface area (Å²) in [6, 6.07) is 12.1. The predicted molar refractivity (Wildman–Crippen MR) is 72.3 cm³/mol. The minimum Gasteiger partial charge on any atom is -0.496 e. The lowest BCUT2D eigenvalue weighted by Gasteiger charge is -2.10. The maximum Gasteiger partial charge on any atom is 0.248 e. The Hall–Kier alpha value is -2.62. The Morgan fingerprint density at radius 3 is 2.63 bits per heavy atom. The van der Waals surface area contributed by atoms with E-state index in [1.165, 1.54) is 7.11 Å². The number of rotatable bonds is 4. The summed E-state index contributed by atoms with van der Waals surface area (Å²) in [5, 5.41) is 0. The Bertz CT molecular complexity index is 635. The highest BCUT2D eigenvalue weighted by Gasteiger charge is 2.09. The molecule has 2 aromatic rings. The van der Waals surface area contributed by atoms with Crippen molar-refractivity contribution in [2.45, 2.75) is 0 Å². The van der Waals surface area contributed by atoms with Crippen LogP contribution < -0.4 is 10.5 Å². The van der Waals surface area contributed by atoms with E-state index in [0.29, 0.717) is 16.9 Å². The van der Waals surface area contributed by atoms with Crippen molar-refractivity contribution >= 4 is 12.2 Å². The summed E-state index contributed by atoms with van der Waals surface area (Å²) in [7, 11) is 1.53. The first kappa shape index (κ1) is 12.8. The van der Waals surface area contributed by atoms with Crippen LogP contribution in [0.2, 0.25) is 0 Å². The van der Waals surface area contributed by atoms with Crippen LogP contribution in [0.15, 0.2) is 42.5 Å². The van der Waals surface area contributed by atoms with Gasteiger partial charge in [-0.3, -0.25) is 9.59 Å². The molecule has 0 aliphatic heterocycles. The Kier molecular flexibility index (Phi) is 3.61. The fourth-order valence-electron chi connectivity index (χ4n) is 1.86. The van der Waals surface area contributed by atoms with Crippen LogP contribution in [0.5, 0.6) is 5.75 Å². The summed E-state index contributed by atoms with van der Waals surface area (Å²) in [5.74, 6) is 0.0940. The van der Waals surface area contributed by atoms with E-state index in [4.69, 9.17) is 10.5 Å². The van der Waals surface area contributed by atoms with Crippen LogP contribution in [-0.2, 0) is 0 Å². The van der Waals surface area contributed by atoms with Crippen LogP contribution in [0.1, 0.15) is 20.7 Å². The molecule has 2 N–H and O–H groups in total. The topological polar surface area (TPSA) is 69.4 Å². The lowest BCUT2D eigenvalue weighted by molar-refractivity contribution is 0.1000. The molecule has 4 nitrogen and oxygen atoms in total. The molecule has 2 aromatic carbocycles. The number of amides is 1. The third kappa shape index (κ3) is 2.63. The summed E-state index contributed by atoms with van der Waals surface area (Å²) in [5.41, 5.74) is 7.84. The molecule has 0 spiro atoms. The number of hydrogen-bond acceptors (Lipinski definition) is 3. The van der Waals surface area contributed by atoms with Crippen molar-refractivity contribution in [1.82, 2.24) is 0 Å². The zero-order chi connectivity index (χ0) is 13.8. The molecule has 0 atom stereocenters. The third-order valence-corrected chi connectivity index (χ3v) is 2.82. The van der Waals surface area contributed by atoms with Crippen LogP contribution in [-0.4, -0.2) is 19.3 Å². The number of nitrogens with two attached hydrogens (primary N) is 1. The summed E-state index contributed by atoms with van der Waals surface area (Å²) < 4.78 is 5.27. The molecule has 96 valence electrons. The van der Waals surface area contributed by atoms with Crippen LogP contribution in [0.3, 0.4) is 0 Å². The third-order valence-electron chi connectivity index (χ3n) is 2.82. The van der Waals surface area contributed by atoms with E-state index in [2.05, 4.69) is 0 Å². The highest BCUT2D eigenvalue weighted by atomic mass is 16.5. The average Bonchev–Trinajstić information content (AvgIpc) is 2.46. The second-order valence-corrected chi connectivity index (χ2v) is 4.02. The number of aldehydes is 1. The molecule has 1 amide bonds. The van der Waals surface area contributed by atoms with Gasteiger partial charge >= 0.3 is 0 Å². The quantitative estimate of drug-likeness (QED) is 0.852. The molecule has 0 bridgehead atoms. The van der Waals surface area contributed by atoms with Gasteiger partial charge in [0.15, 0.2) is 0 Å². The van der Waals surface area contributed by atoms with Crippen molar-refractivity contribution in [1.29, 1.82) is 0 Å². The molecule has 19 heavy (non-hydrogen) atoms. The molecule has 0 aromatic heterocycles. The van der Waals surface area contributed by atoms with Gasteiger partial charge in [-0.25, -0.2) is 0 Å². The SMILES string of the molecule is COc1cc(C=O)ccc1-c1cccc(C(N)=O)c1. The van der Waals surface area contributed by atoms with Gasteiger partial charge in [-0.15, -0.1) is 0 Å². The molecule has 2 rings (SSSR count). The summed E-state index contributed by atoms with van der Waals surface area (Å²) >= 11 is 0. The fourth-order valence-corrected chi connectivity index (χ4v) is 1.86. The number of ether oxygens (including phenoxy) is 1. The molecule has 0 fully saturated rings. The molecule has 0 unspecified atom stereocenters. The van der Waals surface area contributed by atoms with E-state index in [9.17, 15) is 9.59 Å². The van der Waals surface area contributed by atoms with Crippen LogP contribution in [0.4, 0.5) is 0 Å². The van der Waals surface area contributed by atoms with Crippen LogP contribution in [0, 0.1) is 0 Å². The number of benzene rings is 2. The molecular formula is C15H13NO3. The van der Waals surface area contributed by atoms with Gasteiger partial charge in [-0.2, -0.15) is 0 Å². The first-order valence-electron chi connectivity index (χ1n) is 5.69. The Labute approximate surface area is 110 Å². The van der Waals surface area contributed by atoms with Crippen molar-refractivity contribution in [3.05, 3.63) is 53.6 Å². The molecule has 4 heteroatoms. The van der Waals surface area contributed by atoms with Crippen LogP contribution >= 0.6 is 0 Å². The summed E-state index contributed by atoms with van der Waals surface area (Å²) in [6.45, 7) is 0. The first-order valence-corrected chi connectivity index (χ1v) is 5.69. The average molecular weight is 255 g/mol. The van der Waals surface area contributed by atoms with Crippen molar-refractivity contribution in [2.24, 2.45) is 5.73 Å². The van der Waals surface area contributed by atoms with Crippen LogP contribution in [0.25, 0.3) is 11.1 Å². The lowest BCUT2D eigenvalue weighted by atomic mass is 10.0. The second-order valence-electron chi connectivity index (χ2n) is 4.02. The van der Waals surface area contributed by atoms with Gasteiger partial charge in [0.2, 0.25) is 5.91 Å². The van der Waals surface area contributed by atoms with Gasteiger partial charge in [-0.1, -0.05) is 18.2 Å². The molecule has 0 saturated carbocycles. The number of carbonyl (C=O) groups is 2. The number of methoxy groups -OCH3 is 1. The minimum atomic E-state index is -0.481. The van der Waals surface area contributed by atoms with Crippen molar-refractivity contribution in [2.75, 3.05) is 7.11 Å². The predicted octanol–water partition coefficient (Wildman–Crippen LogP) is 2.27. The maximum atomic E-state index is 11.2. The standard InChI is InChI=1S/C15H13NO3/c1-19-14-7-10(9-17)5-6-13(14)11-3-2-4-12(8-11)15(16)18/h2-9H,1H3,(H2,16,18). The van der Waals surface area contributed by atoms with Gasteiger partial charge < -0.3 is 10.5 Å². The molecule has 0 aliphatic rings. The van der Waals surface area contributed by atoms with Crippen molar-refractivity contribution in [3.63, 3.8) is 0 Å². The maximum absolute atomic E-state index is 11.2. The van der Waals surface area contributed by atoms with Gasteiger partial charge in [0, 0.05) is 16.7 Å². The second kappa shape index (κ2) is 5.35. The highest BCUT2D eigenvalue weighted by molar-refractivity contribution is 5.94. The molecule has 0 radical (unpaired) electrons.